The number of hydrogen-bond acceptors (Lipinski definition) is 4. The van der Waals surface area contributed by atoms with Gasteiger partial charge in [0.15, 0.2) is 11.8 Å². The van der Waals surface area contributed by atoms with Gasteiger partial charge >= 0.3 is 0 Å². The molecule has 1 unspecified atom stereocenters. The fraction of sp³-hybridized carbons (Fsp3) is 0.591. The predicted molar refractivity (Wildman–Crippen MR) is 114 cm³/mol. The van der Waals surface area contributed by atoms with Gasteiger partial charge in [-0.15, -0.1) is 10.2 Å². The third-order valence-electron chi connectivity index (χ3n) is 6.11. The Balaban J connectivity index is 1.48. The van der Waals surface area contributed by atoms with Crippen LogP contribution in [0.15, 0.2) is 29.3 Å². The van der Waals surface area contributed by atoms with E-state index in [0.717, 1.165) is 42.2 Å². The summed E-state index contributed by atoms with van der Waals surface area (Å²) in [5, 5.41) is 15.7. The number of guanidine groups is 1. The summed E-state index contributed by atoms with van der Waals surface area (Å²) in [5.74, 6) is 4.31. The number of ether oxygens (including phenoxy) is 1. The summed E-state index contributed by atoms with van der Waals surface area (Å²) in [7, 11) is 1.98. The van der Waals surface area contributed by atoms with Gasteiger partial charge in [-0.3, -0.25) is 0 Å². The highest BCUT2D eigenvalue weighted by molar-refractivity contribution is 5.80. The molecule has 156 valence electrons. The molecule has 1 saturated carbocycles. The first-order chi connectivity index (χ1) is 14.2. The van der Waals surface area contributed by atoms with E-state index in [9.17, 15) is 0 Å². The van der Waals surface area contributed by atoms with Gasteiger partial charge in [0.1, 0.15) is 18.1 Å². The molecule has 2 heterocycles. The van der Waals surface area contributed by atoms with Crippen molar-refractivity contribution in [3.8, 4) is 5.75 Å². The Kier molecular flexibility index (Phi) is 6.32. The maximum Gasteiger partial charge on any atom is 0.192 e. The zero-order chi connectivity index (χ0) is 20.1. The molecule has 2 aliphatic rings. The Hall–Kier alpha value is -2.57. The van der Waals surface area contributed by atoms with Gasteiger partial charge in [-0.05, 0) is 31.7 Å². The third-order valence-corrected chi connectivity index (χ3v) is 6.11. The Bertz CT molecular complexity index is 840. The minimum atomic E-state index is 0.193. The van der Waals surface area contributed by atoms with E-state index in [1.807, 2.05) is 30.7 Å². The lowest BCUT2D eigenvalue weighted by Gasteiger charge is -2.29. The largest absolute Gasteiger partial charge is 0.493 e. The smallest absolute Gasteiger partial charge is 0.192 e. The molecule has 0 spiro atoms. The van der Waals surface area contributed by atoms with Crippen LogP contribution >= 0.6 is 0 Å². The van der Waals surface area contributed by atoms with Gasteiger partial charge in [-0.25, -0.2) is 4.99 Å². The van der Waals surface area contributed by atoms with Crippen molar-refractivity contribution in [2.45, 2.75) is 58.0 Å². The van der Waals surface area contributed by atoms with Crippen LogP contribution < -0.4 is 15.4 Å². The van der Waals surface area contributed by atoms with E-state index in [1.54, 1.807) is 0 Å². The summed E-state index contributed by atoms with van der Waals surface area (Å²) >= 11 is 0. The Morgan fingerprint density at radius 2 is 2.00 bits per heavy atom. The van der Waals surface area contributed by atoms with Gasteiger partial charge in [0.05, 0.1) is 12.6 Å². The predicted octanol–water partition coefficient (Wildman–Crippen LogP) is 3.26. The number of para-hydroxylation sites is 1. The standard InChI is InChI=1S/C22H32N6O/c1-16-26-27-21(28(16)2)15-24-22(23-14-17-8-4-3-5-9-17)25-19-12-13-29-20-11-7-6-10-18(19)20/h6-7,10-11,17,19H,3-5,8-9,12-15H2,1-2H3,(H2,23,24,25). The molecule has 1 fully saturated rings. The summed E-state index contributed by atoms with van der Waals surface area (Å²) in [6, 6.07) is 8.46. The first-order valence-electron chi connectivity index (χ1n) is 10.8. The van der Waals surface area contributed by atoms with E-state index >= 15 is 0 Å². The number of aliphatic imine (C=N–C) groups is 1. The van der Waals surface area contributed by atoms with Crippen LogP contribution in [0.2, 0.25) is 0 Å². The van der Waals surface area contributed by atoms with Crippen LogP contribution in [0.1, 0.15) is 61.8 Å². The lowest BCUT2D eigenvalue weighted by atomic mass is 9.89. The van der Waals surface area contributed by atoms with Gasteiger partial charge in [-0.1, -0.05) is 37.5 Å². The molecule has 0 radical (unpaired) electrons. The number of fused-ring (bicyclic) bond motifs is 1. The van der Waals surface area contributed by atoms with E-state index in [-0.39, 0.29) is 6.04 Å². The molecule has 4 rings (SSSR count). The average molecular weight is 397 g/mol. The van der Waals surface area contributed by atoms with Crippen molar-refractivity contribution in [2.24, 2.45) is 18.0 Å². The van der Waals surface area contributed by atoms with Crippen molar-refractivity contribution in [1.82, 2.24) is 25.4 Å². The first kappa shape index (κ1) is 19.7. The summed E-state index contributed by atoms with van der Waals surface area (Å²) < 4.78 is 7.81. The molecule has 7 nitrogen and oxygen atoms in total. The monoisotopic (exact) mass is 396 g/mol. The lowest BCUT2D eigenvalue weighted by Crippen LogP contribution is -2.43. The van der Waals surface area contributed by atoms with Gasteiger partial charge < -0.3 is 19.9 Å². The second-order valence-electron chi connectivity index (χ2n) is 8.14. The zero-order valence-electron chi connectivity index (χ0n) is 17.5. The van der Waals surface area contributed by atoms with Gasteiger partial charge in [0.25, 0.3) is 0 Å². The third kappa shape index (κ3) is 4.89. The lowest BCUT2D eigenvalue weighted by molar-refractivity contribution is 0.261. The van der Waals surface area contributed by atoms with Crippen molar-refractivity contribution >= 4 is 5.96 Å². The van der Waals surface area contributed by atoms with Crippen LogP contribution in [-0.4, -0.2) is 33.9 Å². The quantitative estimate of drug-likeness (QED) is 0.599. The molecule has 0 amide bonds. The van der Waals surface area contributed by atoms with E-state index in [4.69, 9.17) is 9.73 Å². The summed E-state index contributed by atoms with van der Waals surface area (Å²) in [4.78, 5) is 4.85. The molecule has 0 saturated heterocycles. The maximum absolute atomic E-state index is 5.82. The highest BCUT2D eigenvalue weighted by atomic mass is 16.5. The number of nitrogens with zero attached hydrogens (tertiary/aromatic N) is 4. The van der Waals surface area contributed by atoms with E-state index in [0.29, 0.717) is 13.2 Å². The minimum Gasteiger partial charge on any atom is -0.493 e. The molecule has 1 aromatic heterocycles. The maximum atomic E-state index is 5.82. The molecule has 2 aromatic rings. The Morgan fingerprint density at radius 1 is 1.17 bits per heavy atom. The molecule has 1 aliphatic carbocycles. The number of hydrogen-bond donors (Lipinski definition) is 2. The normalized spacial score (nSPS) is 20.1. The number of rotatable bonds is 5. The number of aromatic nitrogens is 3. The summed E-state index contributed by atoms with van der Waals surface area (Å²) in [6.45, 7) is 4.14. The van der Waals surface area contributed by atoms with E-state index in [1.165, 1.54) is 37.7 Å². The Morgan fingerprint density at radius 3 is 2.79 bits per heavy atom. The second kappa shape index (κ2) is 9.29. The zero-order valence-corrected chi connectivity index (χ0v) is 17.5. The van der Waals surface area contributed by atoms with Crippen LogP contribution in [-0.2, 0) is 13.6 Å². The molecular formula is C22H32N6O. The van der Waals surface area contributed by atoms with Crippen molar-refractivity contribution in [3.05, 3.63) is 41.5 Å². The van der Waals surface area contributed by atoms with Crippen LogP contribution in [0.25, 0.3) is 0 Å². The van der Waals surface area contributed by atoms with E-state index < -0.39 is 0 Å². The molecule has 1 aliphatic heterocycles. The van der Waals surface area contributed by atoms with Crippen molar-refractivity contribution in [2.75, 3.05) is 13.2 Å². The van der Waals surface area contributed by atoms with Crippen molar-refractivity contribution < 1.29 is 4.74 Å². The minimum absolute atomic E-state index is 0.193. The number of benzene rings is 1. The van der Waals surface area contributed by atoms with Gasteiger partial charge in [0, 0.05) is 25.6 Å². The molecule has 29 heavy (non-hydrogen) atoms. The summed E-state index contributed by atoms with van der Waals surface area (Å²) in [6.07, 6.45) is 7.60. The molecule has 2 N–H and O–H groups in total. The van der Waals surface area contributed by atoms with Crippen molar-refractivity contribution in [1.29, 1.82) is 0 Å². The summed E-state index contributed by atoms with van der Waals surface area (Å²) in [5.41, 5.74) is 1.19. The number of aryl methyl sites for hydroxylation is 1. The fourth-order valence-electron chi connectivity index (χ4n) is 4.18. The van der Waals surface area contributed by atoms with Crippen LogP contribution in [0.5, 0.6) is 5.75 Å². The molecular weight excluding hydrogens is 364 g/mol. The molecule has 1 aromatic carbocycles. The van der Waals surface area contributed by atoms with Gasteiger partial charge in [-0.2, -0.15) is 0 Å². The molecule has 0 bridgehead atoms. The topological polar surface area (TPSA) is 76.4 Å². The SMILES string of the molecule is Cc1nnc(CN=C(NCC2CCCCC2)NC2CCOc3ccccc32)n1C. The highest BCUT2D eigenvalue weighted by Gasteiger charge is 2.22. The first-order valence-corrected chi connectivity index (χ1v) is 10.8. The Labute approximate surface area is 173 Å². The van der Waals surface area contributed by atoms with Crippen LogP contribution in [0, 0.1) is 12.8 Å². The number of nitrogens with one attached hydrogen (secondary N) is 2. The second-order valence-corrected chi connectivity index (χ2v) is 8.14. The fourth-order valence-corrected chi connectivity index (χ4v) is 4.18. The van der Waals surface area contributed by atoms with Crippen molar-refractivity contribution in [3.63, 3.8) is 0 Å². The highest BCUT2D eigenvalue weighted by Crippen LogP contribution is 2.31. The van der Waals surface area contributed by atoms with E-state index in [2.05, 4.69) is 33.0 Å². The van der Waals surface area contributed by atoms with Gasteiger partial charge in [0.2, 0.25) is 0 Å². The molecule has 1 atom stereocenters. The average Bonchev–Trinajstić information content (AvgIpc) is 3.08. The van der Waals surface area contributed by atoms with Crippen LogP contribution in [0.4, 0.5) is 0 Å². The van der Waals surface area contributed by atoms with Crippen LogP contribution in [0.3, 0.4) is 0 Å². The molecule has 7 heteroatoms.